The Morgan fingerprint density at radius 3 is 2.21 bits per heavy atom. The van der Waals surface area contributed by atoms with Crippen molar-refractivity contribution in [3.8, 4) is 5.75 Å². The van der Waals surface area contributed by atoms with Crippen molar-refractivity contribution in [2.45, 2.75) is 45.2 Å². The summed E-state index contributed by atoms with van der Waals surface area (Å²) in [6, 6.07) is 5.97. The quantitative estimate of drug-likeness (QED) is 0.793. The number of methoxy groups -OCH3 is 1. The molecule has 0 fully saturated rings. The topological polar surface area (TPSA) is 72.8 Å². The number of allylic oxidation sites excluding steroid dienone is 3. The lowest BCUT2D eigenvalue weighted by atomic mass is 9.62. The highest BCUT2D eigenvalue weighted by Crippen LogP contribution is 2.54. The van der Waals surface area contributed by atoms with E-state index < -0.39 is 40.1 Å². The maximum atomic E-state index is 13.8. The Hall–Kier alpha value is -2.77. The molecule has 3 rings (SSSR count). The number of carbonyl (C=O) groups is 2. The molecule has 0 saturated heterocycles. The molecule has 8 heteroatoms. The minimum Gasteiger partial charge on any atom is -0.497 e. The number of rotatable bonds is 3. The first-order chi connectivity index (χ1) is 13.3. The molecule has 1 unspecified atom stereocenters. The van der Waals surface area contributed by atoms with Crippen molar-refractivity contribution in [1.29, 1.82) is 0 Å². The van der Waals surface area contributed by atoms with Gasteiger partial charge in [-0.3, -0.25) is 4.79 Å². The fraction of sp³-hybridized carbons (Fsp3) is 0.429. The van der Waals surface area contributed by atoms with Gasteiger partial charge < -0.3 is 14.6 Å². The molecule has 5 nitrogen and oxygen atoms in total. The molecule has 0 aromatic heterocycles. The maximum Gasteiger partial charge on any atom is 0.450 e. The van der Waals surface area contributed by atoms with Gasteiger partial charge in [-0.05, 0) is 30.0 Å². The minimum atomic E-state index is -5.04. The number of alkyl halides is 3. The van der Waals surface area contributed by atoms with E-state index in [1.165, 1.54) is 38.3 Å². The van der Waals surface area contributed by atoms with E-state index in [-0.39, 0.29) is 29.7 Å². The molecular formula is C21H21F3O5. The highest BCUT2D eigenvalue weighted by molar-refractivity contribution is 6.05. The molecule has 1 N–H and O–H groups in total. The van der Waals surface area contributed by atoms with Crippen LogP contribution in [-0.2, 0) is 19.7 Å². The number of Topliss-reactive ketones (excluding diaryl/α,β-unsaturated/α-hetero) is 1. The van der Waals surface area contributed by atoms with Gasteiger partial charge in [0, 0.05) is 18.4 Å². The van der Waals surface area contributed by atoms with Crippen molar-refractivity contribution in [3.63, 3.8) is 0 Å². The molecule has 2 aliphatic rings. The van der Waals surface area contributed by atoms with Gasteiger partial charge in [0.05, 0.1) is 18.1 Å². The zero-order chi connectivity index (χ0) is 21.8. The SMILES string of the molecule is COc1ccc(C2(C)C3=C(CC(C)(C)CC3=O)OC(C(F)(F)F)=C2C(=O)O)cc1. The first kappa shape index (κ1) is 21.0. The second-order valence-corrected chi connectivity index (χ2v) is 8.20. The summed E-state index contributed by atoms with van der Waals surface area (Å²) >= 11 is 0. The summed E-state index contributed by atoms with van der Waals surface area (Å²) < 4.78 is 51.6. The minimum absolute atomic E-state index is 0.0348. The van der Waals surface area contributed by atoms with Crippen LogP contribution >= 0.6 is 0 Å². The summed E-state index contributed by atoms with van der Waals surface area (Å²) in [5, 5.41) is 9.75. The lowest BCUT2D eigenvalue weighted by Gasteiger charge is -2.44. The van der Waals surface area contributed by atoms with Crippen molar-refractivity contribution in [3.05, 3.63) is 52.5 Å². The number of benzene rings is 1. The number of carboxylic acids is 1. The Bertz CT molecular complexity index is 938. The largest absolute Gasteiger partial charge is 0.497 e. The Labute approximate surface area is 165 Å². The van der Waals surface area contributed by atoms with Gasteiger partial charge in [-0.25, -0.2) is 4.79 Å². The van der Waals surface area contributed by atoms with Gasteiger partial charge >= 0.3 is 12.1 Å². The van der Waals surface area contributed by atoms with Crippen LogP contribution in [0.2, 0.25) is 0 Å². The third-order valence-corrected chi connectivity index (χ3v) is 5.43. The molecule has 1 aromatic carbocycles. The molecule has 0 radical (unpaired) electrons. The summed E-state index contributed by atoms with van der Waals surface area (Å²) in [4.78, 5) is 25.1. The molecule has 1 aliphatic heterocycles. The normalized spacial score (nSPS) is 24.2. The maximum absolute atomic E-state index is 13.8. The van der Waals surface area contributed by atoms with Crippen LogP contribution in [0.15, 0.2) is 46.9 Å². The van der Waals surface area contributed by atoms with Crippen LogP contribution in [0.4, 0.5) is 13.2 Å². The number of ketones is 1. The number of hydrogen-bond acceptors (Lipinski definition) is 4. The fourth-order valence-electron chi connectivity index (χ4n) is 4.16. The molecule has 1 heterocycles. The average molecular weight is 410 g/mol. The van der Waals surface area contributed by atoms with Crippen molar-refractivity contribution in [2.24, 2.45) is 5.41 Å². The van der Waals surface area contributed by atoms with E-state index in [0.717, 1.165) is 0 Å². The summed E-state index contributed by atoms with van der Waals surface area (Å²) in [6.07, 6.45) is -4.87. The van der Waals surface area contributed by atoms with E-state index in [1.807, 2.05) is 0 Å². The first-order valence-corrected chi connectivity index (χ1v) is 8.96. The van der Waals surface area contributed by atoms with Crippen molar-refractivity contribution in [1.82, 2.24) is 0 Å². The Balaban J connectivity index is 2.36. The zero-order valence-corrected chi connectivity index (χ0v) is 16.4. The standard InChI is InChI=1S/C21H21F3O5/c1-19(2)9-13(25)15-14(10-19)29-17(21(22,23)24)16(18(26)27)20(15,3)11-5-7-12(28-4)8-6-11/h5-8H,9-10H2,1-4H3,(H,26,27). The summed E-state index contributed by atoms with van der Waals surface area (Å²) in [5.41, 5.74) is -3.23. The van der Waals surface area contributed by atoms with E-state index >= 15 is 0 Å². The molecule has 0 spiro atoms. The van der Waals surface area contributed by atoms with Gasteiger partial charge in [0.2, 0.25) is 5.76 Å². The number of halogens is 3. The van der Waals surface area contributed by atoms with Crippen LogP contribution in [0.25, 0.3) is 0 Å². The van der Waals surface area contributed by atoms with Crippen LogP contribution in [0.5, 0.6) is 5.75 Å². The van der Waals surface area contributed by atoms with Crippen LogP contribution in [0.1, 0.15) is 39.2 Å². The summed E-state index contributed by atoms with van der Waals surface area (Å²) in [6.45, 7) is 4.84. The molecule has 1 aliphatic carbocycles. The van der Waals surface area contributed by atoms with E-state index in [1.54, 1.807) is 13.8 Å². The number of hydrogen-bond donors (Lipinski definition) is 1. The number of carbonyl (C=O) groups excluding carboxylic acids is 1. The lowest BCUT2D eigenvalue weighted by Crippen LogP contribution is -2.45. The van der Waals surface area contributed by atoms with E-state index in [4.69, 9.17) is 9.47 Å². The lowest BCUT2D eigenvalue weighted by molar-refractivity contribution is -0.143. The highest BCUT2D eigenvalue weighted by atomic mass is 19.4. The molecular weight excluding hydrogens is 389 g/mol. The summed E-state index contributed by atoms with van der Waals surface area (Å²) in [5.74, 6) is -3.48. The van der Waals surface area contributed by atoms with Crippen LogP contribution in [0.3, 0.4) is 0 Å². The third kappa shape index (κ3) is 3.41. The van der Waals surface area contributed by atoms with Crippen LogP contribution < -0.4 is 4.74 Å². The van der Waals surface area contributed by atoms with Gasteiger partial charge in [0.25, 0.3) is 0 Å². The first-order valence-electron chi connectivity index (χ1n) is 8.96. The molecule has 1 atom stereocenters. The van der Waals surface area contributed by atoms with Crippen LogP contribution in [0, 0.1) is 5.41 Å². The predicted octanol–water partition coefficient (Wildman–Crippen LogP) is 4.53. The molecule has 29 heavy (non-hydrogen) atoms. The van der Waals surface area contributed by atoms with Gasteiger partial charge in [0.15, 0.2) is 5.78 Å². The Kier molecular flexibility index (Phi) is 4.80. The molecule has 0 saturated carbocycles. The van der Waals surface area contributed by atoms with Crippen molar-refractivity contribution in [2.75, 3.05) is 7.11 Å². The molecule has 1 aromatic rings. The monoisotopic (exact) mass is 410 g/mol. The van der Waals surface area contributed by atoms with E-state index in [2.05, 4.69) is 0 Å². The smallest absolute Gasteiger partial charge is 0.450 e. The number of ether oxygens (including phenoxy) is 2. The average Bonchev–Trinajstić information content (AvgIpc) is 2.58. The second-order valence-electron chi connectivity index (χ2n) is 8.20. The van der Waals surface area contributed by atoms with E-state index in [0.29, 0.717) is 5.75 Å². The molecule has 0 amide bonds. The number of carboxylic acid groups (broad SMARTS) is 1. The predicted molar refractivity (Wildman–Crippen MR) is 97.2 cm³/mol. The zero-order valence-electron chi connectivity index (χ0n) is 16.4. The van der Waals surface area contributed by atoms with Gasteiger partial charge in [-0.1, -0.05) is 26.0 Å². The second kappa shape index (κ2) is 6.64. The van der Waals surface area contributed by atoms with E-state index in [9.17, 15) is 27.9 Å². The van der Waals surface area contributed by atoms with Crippen LogP contribution in [-0.4, -0.2) is 30.1 Å². The van der Waals surface area contributed by atoms with Gasteiger partial charge in [-0.2, -0.15) is 13.2 Å². The number of aliphatic carboxylic acids is 1. The molecule has 0 bridgehead atoms. The fourth-order valence-corrected chi connectivity index (χ4v) is 4.16. The highest BCUT2D eigenvalue weighted by Gasteiger charge is 2.56. The Morgan fingerprint density at radius 1 is 1.14 bits per heavy atom. The molecule has 156 valence electrons. The van der Waals surface area contributed by atoms with Gasteiger partial charge in [0.1, 0.15) is 11.5 Å². The Morgan fingerprint density at radius 2 is 1.72 bits per heavy atom. The summed E-state index contributed by atoms with van der Waals surface area (Å²) in [7, 11) is 1.43. The third-order valence-electron chi connectivity index (χ3n) is 5.43. The van der Waals surface area contributed by atoms with Crippen molar-refractivity contribution >= 4 is 11.8 Å². The van der Waals surface area contributed by atoms with Gasteiger partial charge in [-0.15, -0.1) is 0 Å². The van der Waals surface area contributed by atoms with Crippen molar-refractivity contribution < 1.29 is 37.3 Å².